The summed E-state index contributed by atoms with van der Waals surface area (Å²) in [6.45, 7) is 1.52. The van der Waals surface area contributed by atoms with Gasteiger partial charge < -0.3 is 4.90 Å². The minimum absolute atomic E-state index is 0.0116. The van der Waals surface area contributed by atoms with Crippen LogP contribution in [0.5, 0.6) is 0 Å². The first kappa shape index (κ1) is 27.8. The average molecular weight is 552 g/mol. The van der Waals surface area contributed by atoms with Gasteiger partial charge in [0.2, 0.25) is 10.0 Å². The molecule has 1 atom stereocenters. The Labute approximate surface area is 206 Å². The van der Waals surface area contributed by atoms with Crippen molar-refractivity contribution in [2.24, 2.45) is 0 Å². The highest BCUT2D eigenvalue weighted by molar-refractivity contribution is 7.92. The summed E-state index contributed by atoms with van der Waals surface area (Å²) in [5.41, 5.74) is -0.706. The Morgan fingerprint density at radius 2 is 1.81 bits per heavy atom. The van der Waals surface area contributed by atoms with E-state index in [-0.39, 0.29) is 54.7 Å². The van der Waals surface area contributed by atoms with Crippen LogP contribution in [0.15, 0.2) is 30.3 Å². The molecule has 0 aliphatic carbocycles. The minimum atomic E-state index is -4.69. The molecule has 1 aromatic carbocycles. The van der Waals surface area contributed by atoms with Crippen LogP contribution in [-0.4, -0.2) is 58.5 Å². The second-order valence-electron chi connectivity index (χ2n) is 8.62. The van der Waals surface area contributed by atoms with E-state index in [1.165, 1.54) is 23.1 Å². The van der Waals surface area contributed by atoms with E-state index >= 15 is 0 Å². The van der Waals surface area contributed by atoms with Crippen molar-refractivity contribution in [2.75, 3.05) is 40.5 Å². The van der Waals surface area contributed by atoms with Crippen molar-refractivity contribution in [3.05, 3.63) is 53.0 Å². The minimum Gasteiger partial charge on any atom is -0.354 e. The number of pyridine rings is 1. The first-order valence-corrected chi connectivity index (χ1v) is 14.6. The zero-order valence-corrected chi connectivity index (χ0v) is 21.1. The van der Waals surface area contributed by atoms with Crippen LogP contribution in [0.4, 0.5) is 29.1 Å². The molecule has 0 saturated carbocycles. The van der Waals surface area contributed by atoms with Crippen LogP contribution in [0.25, 0.3) is 0 Å². The summed E-state index contributed by atoms with van der Waals surface area (Å²) in [7, 11) is -6.97. The standard InChI is InChI=1S/C22H25F4N3O5S2/c1-14(16-3-6-18(17(23)13-16)28-35(2,31)32)19(30)7-4-15-5-8-20(22(24,25)26)27-21(15)29-9-11-36(33,34)12-10-29/h3,5-6,8,13-14,28H,4,7,9-12H2,1-2H3. The predicted molar refractivity (Wildman–Crippen MR) is 127 cm³/mol. The largest absolute Gasteiger partial charge is 0.433 e. The van der Waals surface area contributed by atoms with Gasteiger partial charge in [0.05, 0.1) is 23.4 Å². The number of sulfone groups is 1. The highest BCUT2D eigenvalue weighted by Gasteiger charge is 2.34. The van der Waals surface area contributed by atoms with Gasteiger partial charge in [-0.3, -0.25) is 9.52 Å². The molecule has 0 radical (unpaired) electrons. The average Bonchev–Trinajstić information content (AvgIpc) is 2.77. The van der Waals surface area contributed by atoms with Gasteiger partial charge >= 0.3 is 6.18 Å². The lowest BCUT2D eigenvalue weighted by molar-refractivity contribution is -0.141. The molecule has 1 N–H and O–H groups in total. The number of carbonyl (C=O) groups is 1. The molecule has 198 valence electrons. The van der Waals surface area contributed by atoms with E-state index in [1.807, 2.05) is 4.72 Å². The Morgan fingerprint density at radius 3 is 2.36 bits per heavy atom. The fraction of sp³-hybridized carbons (Fsp3) is 0.455. The molecule has 36 heavy (non-hydrogen) atoms. The number of benzene rings is 1. The molecule has 1 unspecified atom stereocenters. The van der Waals surface area contributed by atoms with Crippen LogP contribution in [0.1, 0.15) is 36.1 Å². The molecular weight excluding hydrogens is 526 g/mol. The lowest BCUT2D eigenvalue weighted by atomic mass is 9.92. The summed E-state index contributed by atoms with van der Waals surface area (Å²) in [6.07, 6.45) is -3.86. The number of aromatic nitrogens is 1. The molecule has 1 aromatic heterocycles. The van der Waals surface area contributed by atoms with Gasteiger partial charge in [0.15, 0.2) is 9.84 Å². The van der Waals surface area contributed by atoms with Gasteiger partial charge in [-0.25, -0.2) is 26.2 Å². The van der Waals surface area contributed by atoms with Crippen LogP contribution in [0, 0.1) is 5.82 Å². The van der Waals surface area contributed by atoms with E-state index in [4.69, 9.17) is 0 Å². The van der Waals surface area contributed by atoms with Gasteiger partial charge in [0.1, 0.15) is 23.1 Å². The number of Topliss-reactive ketones (excluding diaryl/α,β-unsaturated/α-hetero) is 1. The molecule has 0 spiro atoms. The number of anilines is 2. The number of carbonyl (C=O) groups excluding carboxylic acids is 1. The summed E-state index contributed by atoms with van der Waals surface area (Å²) in [5.74, 6) is -2.37. The van der Waals surface area contributed by atoms with Crippen molar-refractivity contribution in [1.29, 1.82) is 0 Å². The van der Waals surface area contributed by atoms with E-state index in [9.17, 15) is 39.2 Å². The maximum absolute atomic E-state index is 14.3. The maximum Gasteiger partial charge on any atom is 0.433 e. The van der Waals surface area contributed by atoms with Gasteiger partial charge in [0.25, 0.3) is 0 Å². The lowest BCUT2D eigenvalue weighted by Gasteiger charge is -2.30. The van der Waals surface area contributed by atoms with Crippen LogP contribution in [-0.2, 0) is 37.3 Å². The second-order valence-corrected chi connectivity index (χ2v) is 12.7. The molecule has 1 aliphatic rings. The molecule has 2 aromatic rings. The van der Waals surface area contributed by atoms with E-state index in [0.717, 1.165) is 18.4 Å². The van der Waals surface area contributed by atoms with Gasteiger partial charge in [0, 0.05) is 25.4 Å². The zero-order valence-electron chi connectivity index (χ0n) is 19.5. The fourth-order valence-corrected chi connectivity index (χ4v) is 5.54. The first-order chi connectivity index (χ1) is 16.6. The van der Waals surface area contributed by atoms with Gasteiger partial charge in [-0.05, 0) is 35.7 Å². The highest BCUT2D eigenvalue weighted by atomic mass is 32.2. The molecule has 0 bridgehead atoms. The summed E-state index contributed by atoms with van der Waals surface area (Å²) in [5, 5.41) is 0. The monoisotopic (exact) mass is 551 g/mol. The number of alkyl halides is 3. The van der Waals surface area contributed by atoms with Crippen LogP contribution in [0.3, 0.4) is 0 Å². The Bertz CT molecular complexity index is 1350. The van der Waals surface area contributed by atoms with Crippen molar-refractivity contribution >= 4 is 37.1 Å². The van der Waals surface area contributed by atoms with Crippen molar-refractivity contribution < 1.29 is 39.2 Å². The number of hydrogen-bond acceptors (Lipinski definition) is 7. The first-order valence-electron chi connectivity index (χ1n) is 10.9. The molecular formula is C22H25F4N3O5S2. The quantitative estimate of drug-likeness (QED) is 0.502. The maximum atomic E-state index is 14.3. The van der Waals surface area contributed by atoms with Crippen LogP contribution >= 0.6 is 0 Å². The van der Waals surface area contributed by atoms with E-state index in [2.05, 4.69) is 4.98 Å². The number of nitrogens with zero attached hydrogens (tertiary/aromatic N) is 2. The number of sulfonamides is 1. The molecule has 14 heteroatoms. The zero-order chi connectivity index (χ0) is 26.9. The summed E-state index contributed by atoms with van der Waals surface area (Å²) in [4.78, 5) is 18.0. The van der Waals surface area contributed by atoms with E-state index in [1.54, 1.807) is 6.92 Å². The third kappa shape index (κ3) is 7.15. The number of aryl methyl sites for hydroxylation is 1. The number of halogens is 4. The van der Waals surface area contributed by atoms with Gasteiger partial charge in [-0.15, -0.1) is 0 Å². The topological polar surface area (TPSA) is 114 Å². The Balaban J connectivity index is 1.78. The second kappa shape index (κ2) is 10.3. The Morgan fingerprint density at radius 1 is 1.17 bits per heavy atom. The van der Waals surface area contributed by atoms with Gasteiger partial charge in [-0.2, -0.15) is 13.2 Å². The summed E-state index contributed by atoms with van der Waals surface area (Å²) in [6, 6.07) is 5.72. The van der Waals surface area contributed by atoms with Crippen LogP contribution in [0.2, 0.25) is 0 Å². The van der Waals surface area contributed by atoms with Crippen molar-refractivity contribution in [2.45, 2.75) is 31.9 Å². The van der Waals surface area contributed by atoms with E-state index < -0.39 is 43.5 Å². The third-order valence-electron chi connectivity index (χ3n) is 5.80. The normalized spacial score (nSPS) is 17.0. The molecule has 1 saturated heterocycles. The molecule has 2 heterocycles. The smallest absolute Gasteiger partial charge is 0.354 e. The molecule has 1 aliphatic heterocycles. The highest BCUT2D eigenvalue weighted by Crippen LogP contribution is 2.32. The Kier molecular flexibility index (Phi) is 7.98. The number of nitrogens with one attached hydrogen (secondary N) is 1. The summed E-state index contributed by atoms with van der Waals surface area (Å²) < 4.78 is 102. The van der Waals surface area contributed by atoms with E-state index in [0.29, 0.717) is 11.1 Å². The third-order valence-corrected chi connectivity index (χ3v) is 8.00. The van der Waals surface area contributed by atoms with Crippen molar-refractivity contribution in [1.82, 2.24) is 4.98 Å². The van der Waals surface area contributed by atoms with Crippen molar-refractivity contribution in [3.63, 3.8) is 0 Å². The SMILES string of the molecule is CC(C(=O)CCc1ccc(C(F)(F)F)nc1N1CCS(=O)(=O)CC1)c1ccc(NS(C)(=O)=O)c(F)c1. The molecule has 1 fully saturated rings. The predicted octanol–water partition coefficient (Wildman–Crippen LogP) is 3.15. The molecule has 0 amide bonds. The molecule has 3 rings (SSSR count). The van der Waals surface area contributed by atoms with Gasteiger partial charge in [-0.1, -0.05) is 19.1 Å². The van der Waals surface area contributed by atoms with Crippen molar-refractivity contribution in [3.8, 4) is 0 Å². The number of ketones is 1. The number of hydrogen-bond donors (Lipinski definition) is 1. The lowest BCUT2D eigenvalue weighted by Crippen LogP contribution is -2.41. The number of rotatable bonds is 8. The fourth-order valence-electron chi connectivity index (χ4n) is 3.77. The van der Waals surface area contributed by atoms with Crippen LogP contribution < -0.4 is 9.62 Å². The summed E-state index contributed by atoms with van der Waals surface area (Å²) >= 11 is 0. The molecule has 8 nitrogen and oxygen atoms in total. The Hall–Kier alpha value is -2.74.